The highest BCUT2D eigenvalue weighted by molar-refractivity contribution is 7.99. The summed E-state index contributed by atoms with van der Waals surface area (Å²) in [5, 5.41) is 12.3. The van der Waals surface area contributed by atoms with Crippen LogP contribution in [0.15, 0.2) is 70.0 Å². The van der Waals surface area contributed by atoms with Crippen molar-refractivity contribution < 1.29 is 9.21 Å². The molecule has 2 heterocycles. The zero-order valence-corrected chi connectivity index (χ0v) is 17.0. The Labute approximate surface area is 174 Å². The van der Waals surface area contributed by atoms with Crippen LogP contribution in [0.5, 0.6) is 0 Å². The number of aromatic nitrogens is 3. The average molecular weight is 409 g/mol. The largest absolute Gasteiger partial charge is 0.461 e. The van der Waals surface area contributed by atoms with Crippen LogP contribution in [0.2, 0.25) is 0 Å². The van der Waals surface area contributed by atoms with Crippen LogP contribution in [0, 0.1) is 0 Å². The van der Waals surface area contributed by atoms with E-state index in [0.29, 0.717) is 29.0 Å². The Hall–Kier alpha value is -2.80. The first-order chi connectivity index (χ1) is 14.3. The lowest BCUT2D eigenvalue weighted by Crippen LogP contribution is -2.26. The van der Waals surface area contributed by atoms with Crippen molar-refractivity contribution in [1.82, 2.24) is 20.1 Å². The van der Waals surface area contributed by atoms with Gasteiger partial charge in [-0.25, -0.2) is 0 Å². The molecule has 1 aliphatic rings. The minimum atomic E-state index is 0.00793. The van der Waals surface area contributed by atoms with Crippen LogP contribution in [0.4, 0.5) is 0 Å². The topological polar surface area (TPSA) is 73.0 Å². The first kappa shape index (κ1) is 19.5. The number of nitrogens with one attached hydrogen (secondary N) is 1. The van der Waals surface area contributed by atoms with E-state index in [9.17, 15) is 4.79 Å². The van der Waals surface area contributed by atoms with Gasteiger partial charge in [0.25, 0.3) is 0 Å². The van der Waals surface area contributed by atoms with Crippen LogP contribution in [0.25, 0.3) is 17.3 Å². The lowest BCUT2D eigenvalue weighted by Gasteiger charge is -2.13. The summed E-state index contributed by atoms with van der Waals surface area (Å²) in [6, 6.07) is 13.5. The molecule has 0 bridgehead atoms. The van der Waals surface area contributed by atoms with Crippen molar-refractivity contribution in [2.24, 2.45) is 0 Å². The lowest BCUT2D eigenvalue weighted by molar-refractivity contribution is -0.118. The van der Waals surface area contributed by atoms with Crippen molar-refractivity contribution >= 4 is 17.7 Å². The van der Waals surface area contributed by atoms with Gasteiger partial charge in [-0.2, -0.15) is 0 Å². The lowest BCUT2D eigenvalue weighted by atomic mass is 9.97. The summed E-state index contributed by atoms with van der Waals surface area (Å²) in [6.45, 7) is 0.689. The van der Waals surface area contributed by atoms with Gasteiger partial charge in [-0.15, -0.1) is 10.2 Å². The summed E-state index contributed by atoms with van der Waals surface area (Å²) in [4.78, 5) is 12.3. The van der Waals surface area contributed by atoms with E-state index in [2.05, 4.69) is 21.6 Å². The molecule has 150 valence electrons. The van der Waals surface area contributed by atoms with Crippen LogP contribution in [0.3, 0.4) is 0 Å². The molecule has 6 nitrogen and oxygen atoms in total. The molecule has 29 heavy (non-hydrogen) atoms. The van der Waals surface area contributed by atoms with Crippen molar-refractivity contribution in [3.8, 4) is 17.3 Å². The van der Waals surface area contributed by atoms with E-state index in [0.717, 1.165) is 12.1 Å². The maximum absolute atomic E-state index is 12.3. The van der Waals surface area contributed by atoms with Crippen LogP contribution in [-0.4, -0.2) is 33.0 Å². The number of amides is 1. The van der Waals surface area contributed by atoms with Crippen LogP contribution in [-0.2, 0) is 4.79 Å². The van der Waals surface area contributed by atoms with Crippen LogP contribution in [0.1, 0.15) is 32.1 Å². The van der Waals surface area contributed by atoms with Crippen molar-refractivity contribution in [2.45, 2.75) is 37.3 Å². The molecule has 1 aromatic carbocycles. The highest BCUT2D eigenvalue weighted by atomic mass is 32.2. The molecule has 0 unspecified atom stereocenters. The van der Waals surface area contributed by atoms with Gasteiger partial charge < -0.3 is 9.73 Å². The second-order valence-corrected chi connectivity index (χ2v) is 7.89. The molecular formula is C22H24N4O2S. The molecule has 4 rings (SSSR count). The second kappa shape index (κ2) is 9.60. The van der Waals surface area contributed by atoms with Gasteiger partial charge in [0.05, 0.1) is 12.0 Å². The maximum Gasteiger partial charge on any atom is 0.230 e. The molecule has 1 aliphatic carbocycles. The number of carbonyl (C=O) groups is 1. The first-order valence-corrected chi connectivity index (χ1v) is 10.9. The monoisotopic (exact) mass is 408 g/mol. The Balaban J connectivity index is 1.41. The van der Waals surface area contributed by atoms with E-state index in [1.807, 2.05) is 47.0 Å². The Morgan fingerprint density at radius 2 is 2.03 bits per heavy atom. The van der Waals surface area contributed by atoms with E-state index in [1.165, 1.54) is 43.0 Å². The first-order valence-electron chi connectivity index (χ1n) is 9.93. The standard InChI is InChI=1S/C22H24N4O2S/c27-20(23-14-13-17-8-3-1-4-9-17)16-29-22-25-24-21(19-12-7-15-28-19)26(22)18-10-5-2-6-11-18/h2,5-8,10-12,15H,1,3-4,9,13-14,16H2,(H,23,27). The number of rotatable bonds is 8. The van der Waals surface area contributed by atoms with Gasteiger partial charge in [0.1, 0.15) is 0 Å². The summed E-state index contributed by atoms with van der Waals surface area (Å²) in [6.07, 6.45) is 9.77. The normalized spacial score (nSPS) is 13.9. The van der Waals surface area contributed by atoms with Gasteiger partial charge in [0, 0.05) is 12.2 Å². The molecule has 2 aromatic heterocycles. The van der Waals surface area contributed by atoms with E-state index in [-0.39, 0.29) is 5.91 Å². The van der Waals surface area contributed by atoms with Crippen LogP contribution >= 0.6 is 11.8 Å². The Morgan fingerprint density at radius 1 is 1.14 bits per heavy atom. The minimum Gasteiger partial charge on any atom is -0.461 e. The number of hydrogen-bond donors (Lipinski definition) is 1. The van der Waals surface area contributed by atoms with Gasteiger partial charge in [0.2, 0.25) is 11.7 Å². The quantitative estimate of drug-likeness (QED) is 0.435. The van der Waals surface area contributed by atoms with Gasteiger partial charge in [-0.1, -0.05) is 41.6 Å². The van der Waals surface area contributed by atoms with Crippen molar-refractivity contribution in [3.05, 3.63) is 60.4 Å². The molecule has 0 saturated heterocycles. The molecule has 0 aliphatic heterocycles. The van der Waals surface area contributed by atoms with E-state index < -0.39 is 0 Å². The molecule has 1 N–H and O–H groups in total. The summed E-state index contributed by atoms with van der Waals surface area (Å²) >= 11 is 1.38. The highest BCUT2D eigenvalue weighted by Gasteiger charge is 2.18. The number of thioether (sulfide) groups is 1. The zero-order valence-electron chi connectivity index (χ0n) is 16.2. The number of allylic oxidation sites excluding steroid dienone is 1. The number of carbonyl (C=O) groups excluding carboxylic acids is 1. The van der Waals surface area contributed by atoms with Gasteiger partial charge in [-0.05, 0) is 56.4 Å². The summed E-state index contributed by atoms with van der Waals surface area (Å²) in [7, 11) is 0. The molecule has 3 aromatic rings. The molecule has 0 saturated carbocycles. The van der Waals surface area contributed by atoms with Gasteiger partial charge >= 0.3 is 0 Å². The number of furan rings is 1. The summed E-state index contributed by atoms with van der Waals surface area (Å²) < 4.78 is 7.43. The van der Waals surface area contributed by atoms with E-state index in [4.69, 9.17) is 4.42 Å². The fourth-order valence-electron chi connectivity index (χ4n) is 3.41. The Morgan fingerprint density at radius 3 is 2.79 bits per heavy atom. The number of nitrogens with zero attached hydrogens (tertiary/aromatic N) is 3. The average Bonchev–Trinajstić information content (AvgIpc) is 3.43. The van der Waals surface area contributed by atoms with Gasteiger partial charge in [-0.3, -0.25) is 9.36 Å². The molecule has 0 spiro atoms. The third-order valence-corrected chi connectivity index (χ3v) is 5.80. The highest BCUT2D eigenvalue weighted by Crippen LogP contribution is 2.28. The van der Waals surface area contributed by atoms with Crippen molar-refractivity contribution in [2.75, 3.05) is 12.3 Å². The predicted octanol–water partition coefficient (Wildman–Crippen LogP) is 4.63. The van der Waals surface area contributed by atoms with E-state index >= 15 is 0 Å². The maximum atomic E-state index is 12.3. The summed E-state index contributed by atoms with van der Waals surface area (Å²) in [5.41, 5.74) is 2.40. The smallest absolute Gasteiger partial charge is 0.230 e. The minimum absolute atomic E-state index is 0.00793. The molecule has 7 heteroatoms. The number of para-hydroxylation sites is 1. The summed E-state index contributed by atoms with van der Waals surface area (Å²) in [5.74, 6) is 1.56. The second-order valence-electron chi connectivity index (χ2n) is 6.95. The Kier molecular flexibility index (Phi) is 6.46. The van der Waals surface area contributed by atoms with E-state index in [1.54, 1.807) is 6.26 Å². The van der Waals surface area contributed by atoms with Crippen LogP contribution < -0.4 is 5.32 Å². The Bertz CT molecular complexity index is 964. The molecule has 0 radical (unpaired) electrons. The third kappa shape index (κ3) is 4.98. The predicted molar refractivity (Wildman–Crippen MR) is 114 cm³/mol. The molecule has 0 fully saturated rings. The molecule has 1 amide bonds. The fraction of sp³-hybridized carbons (Fsp3) is 0.318. The molecule has 0 atom stereocenters. The molecular weight excluding hydrogens is 384 g/mol. The third-order valence-electron chi connectivity index (χ3n) is 4.87. The number of benzene rings is 1. The SMILES string of the molecule is O=C(CSc1nnc(-c2ccco2)n1-c1ccccc1)NCCC1=CCCCC1. The zero-order chi connectivity index (χ0) is 19.9. The van der Waals surface area contributed by atoms with Crippen molar-refractivity contribution in [3.63, 3.8) is 0 Å². The van der Waals surface area contributed by atoms with Crippen molar-refractivity contribution in [1.29, 1.82) is 0 Å². The van der Waals surface area contributed by atoms with Gasteiger partial charge in [0.15, 0.2) is 10.9 Å². The fourth-order valence-corrected chi connectivity index (χ4v) is 4.20. The number of hydrogen-bond acceptors (Lipinski definition) is 5.